The summed E-state index contributed by atoms with van der Waals surface area (Å²) in [6, 6.07) is 18.7. The molecule has 0 aliphatic rings. The van der Waals surface area contributed by atoms with Crippen molar-refractivity contribution < 1.29 is 22.8 Å². The zero-order valence-corrected chi connectivity index (χ0v) is 22.0. The number of halogens is 3. The molecule has 6 rings (SSSR count). The highest BCUT2D eigenvalue weighted by atomic mass is 32.1. The van der Waals surface area contributed by atoms with Crippen LogP contribution in [0.3, 0.4) is 0 Å². The number of nitrogens with two attached hydrogens (primary N) is 1. The van der Waals surface area contributed by atoms with Gasteiger partial charge in [0.2, 0.25) is 0 Å². The van der Waals surface area contributed by atoms with E-state index in [4.69, 9.17) is 5.73 Å². The number of benzene rings is 2. The molecule has 0 atom stereocenters. The van der Waals surface area contributed by atoms with Crippen molar-refractivity contribution in [3.05, 3.63) is 101 Å². The van der Waals surface area contributed by atoms with Crippen molar-refractivity contribution in [1.29, 1.82) is 0 Å². The second kappa shape index (κ2) is 9.82. The summed E-state index contributed by atoms with van der Waals surface area (Å²) in [6.07, 6.45) is -1.85. The number of primary amides is 1. The van der Waals surface area contributed by atoms with Gasteiger partial charge in [-0.05, 0) is 30.2 Å². The van der Waals surface area contributed by atoms with Gasteiger partial charge in [-0.25, -0.2) is 14.5 Å². The van der Waals surface area contributed by atoms with Gasteiger partial charge in [-0.3, -0.25) is 9.59 Å². The summed E-state index contributed by atoms with van der Waals surface area (Å²) in [5, 5.41) is 7.23. The molecule has 2 aromatic carbocycles. The van der Waals surface area contributed by atoms with E-state index in [0.29, 0.717) is 22.6 Å². The Bertz CT molecular complexity index is 1960. The standard InChI is InChI=1S/C29H19F3N6O2S/c1-15-7-9-17(10-8-15)20-11-12-34-26-19(14-35-38(20)26)27(40)37-23-22-18(16-5-3-2-4-6-16)13-21(29(30,31)32)36-28(22)41-24(23)25(33)39/h2-14H,1H3,(H2,33,39)(H,37,40). The predicted molar refractivity (Wildman–Crippen MR) is 150 cm³/mol. The van der Waals surface area contributed by atoms with E-state index in [1.54, 1.807) is 42.6 Å². The second-order valence-electron chi connectivity index (χ2n) is 9.21. The normalized spacial score (nSPS) is 11.7. The largest absolute Gasteiger partial charge is 0.433 e. The van der Waals surface area contributed by atoms with Gasteiger partial charge in [0.1, 0.15) is 21.0 Å². The Kier molecular flexibility index (Phi) is 6.26. The molecule has 0 aliphatic heterocycles. The van der Waals surface area contributed by atoms with Crippen LogP contribution in [0.4, 0.5) is 18.9 Å². The molecular formula is C29H19F3N6O2S. The third-order valence-corrected chi connectivity index (χ3v) is 7.59. The van der Waals surface area contributed by atoms with Crippen LogP contribution in [0.1, 0.15) is 31.3 Å². The average Bonchev–Trinajstić information content (AvgIpc) is 3.55. The molecule has 0 spiro atoms. The minimum Gasteiger partial charge on any atom is -0.365 e. The summed E-state index contributed by atoms with van der Waals surface area (Å²) in [7, 11) is 0. The maximum Gasteiger partial charge on any atom is 0.433 e. The number of pyridine rings is 1. The Morgan fingerprint density at radius 3 is 2.41 bits per heavy atom. The van der Waals surface area contributed by atoms with Crippen molar-refractivity contribution in [2.75, 3.05) is 5.32 Å². The van der Waals surface area contributed by atoms with Crippen LogP contribution in [0, 0.1) is 6.92 Å². The average molecular weight is 573 g/mol. The quantitative estimate of drug-likeness (QED) is 0.250. The molecule has 0 fully saturated rings. The number of carbonyl (C=O) groups excluding carboxylic acids is 2. The zero-order valence-electron chi connectivity index (χ0n) is 21.2. The number of carbonyl (C=O) groups is 2. The predicted octanol–water partition coefficient (Wildman–Crippen LogP) is 6.35. The fourth-order valence-corrected chi connectivity index (χ4v) is 5.56. The van der Waals surface area contributed by atoms with Gasteiger partial charge < -0.3 is 11.1 Å². The van der Waals surface area contributed by atoms with E-state index in [-0.39, 0.29) is 37.6 Å². The number of rotatable bonds is 5. The highest BCUT2D eigenvalue weighted by Gasteiger charge is 2.35. The van der Waals surface area contributed by atoms with Crippen molar-refractivity contribution in [3.63, 3.8) is 0 Å². The highest BCUT2D eigenvalue weighted by Crippen LogP contribution is 2.43. The minimum absolute atomic E-state index is 0.0309. The van der Waals surface area contributed by atoms with E-state index in [1.165, 1.54) is 10.7 Å². The topological polar surface area (TPSA) is 115 Å². The summed E-state index contributed by atoms with van der Waals surface area (Å²) in [5.74, 6) is -1.59. The fraction of sp³-hybridized carbons (Fsp3) is 0.0690. The Labute approximate surface area is 234 Å². The number of hydrogen-bond acceptors (Lipinski definition) is 6. The SMILES string of the molecule is Cc1ccc(-c2ccnc3c(C(=O)Nc4c(C(N)=O)sc5nc(C(F)(F)F)cc(-c6ccccc6)c45)cnn23)cc1. The monoisotopic (exact) mass is 572 g/mol. The first-order valence-corrected chi connectivity index (χ1v) is 13.0. The van der Waals surface area contributed by atoms with Gasteiger partial charge in [-0.2, -0.15) is 18.3 Å². The maximum atomic E-state index is 13.8. The number of nitrogens with one attached hydrogen (secondary N) is 1. The van der Waals surface area contributed by atoms with Crippen molar-refractivity contribution >= 4 is 44.7 Å². The first-order chi connectivity index (χ1) is 19.6. The molecule has 41 heavy (non-hydrogen) atoms. The molecule has 0 radical (unpaired) electrons. The molecule has 0 saturated heterocycles. The third-order valence-electron chi connectivity index (χ3n) is 6.49. The fourth-order valence-electron chi connectivity index (χ4n) is 4.56. The van der Waals surface area contributed by atoms with Gasteiger partial charge in [0.25, 0.3) is 11.8 Å². The maximum absolute atomic E-state index is 13.8. The van der Waals surface area contributed by atoms with Crippen molar-refractivity contribution in [1.82, 2.24) is 19.6 Å². The molecule has 6 aromatic rings. The third kappa shape index (κ3) is 4.67. The number of aryl methyl sites for hydroxylation is 1. The van der Waals surface area contributed by atoms with E-state index < -0.39 is 23.7 Å². The van der Waals surface area contributed by atoms with E-state index >= 15 is 0 Å². The van der Waals surface area contributed by atoms with Gasteiger partial charge >= 0.3 is 6.18 Å². The van der Waals surface area contributed by atoms with Crippen molar-refractivity contribution in [3.8, 4) is 22.4 Å². The number of thiophene rings is 1. The van der Waals surface area contributed by atoms with Crippen LogP contribution in [-0.2, 0) is 6.18 Å². The van der Waals surface area contributed by atoms with Gasteiger partial charge in [0.15, 0.2) is 5.65 Å². The number of nitrogens with zero attached hydrogens (tertiary/aromatic N) is 4. The van der Waals surface area contributed by atoms with E-state index in [2.05, 4.69) is 20.4 Å². The summed E-state index contributed by atoms with van der Waals surface area (Å²) >= 11 is 0.678. The molecular weight excluding hydrogens is 553 g/mol. The lowest BCUT2D eigenvalue weighted by molar-refractivity contribution is -0.140. The number of alkyl halides is 3. The van der Waals surface area contributed by atoms with Crippen LogP contribution in [0.5, 0.6) is 0 Å². The van der Waals surface area contributed by atoms with Gasteiger partial charge in [0, 0.05) is 17.1 Å². The number of aromatic nitrogens is 4. The molecule has 0 aliphatic carbocycles. The van der Waals surface area contributed by atoms with E-state index in [9.17, 15) is 22.8 Å². The van der Waals surface area contributed by atoms with Crippen molar-refractivity contribution in [2.45, 2.75) is 13.1 Å². The number of anilines is 1. The second-order valence-corrected chi connectivity index (χ2v) is 10.2. The molecule has 8 nitrogen and oxygen atoms in total. The molecule has 12 heteroatoms. The lowest BCUT2D eigenvalue weighted by Gasteiger charge is -2.12. The molecule has 3 N–H and O–H groups in total. The molecule has 4 aromatic heterocycles. The van der Waals surface area contributed by atoms with Gasteiger partial charge in [-0.15, -0.1) is 11.3 Å². The zero-order chi connectivity index (χ0) is 28.9. The summed E-state index contributed by atoms with van der Waals surface area (Å²) in [5.41, 5.74) is 8.01. The number of amides is 2. The molecule has 204 valence electrons. The van der Waals surface area contributed by atoms with Crippen molar-refractivity contribution in [2.24, 2.45) is 5.73 Å². The molecule has 0 bridgehead atoms. The Hall–Kier alpha value is -5.10. The first kappa shape index (κ1) is 26.1. The van der Waals surface area contributed by atoms with Crippen LogP contribution in [-0.4, -0.2) is 31.4 Å². The minimum atomic E-state index is -4.74. The summed E-state index contributed by atoms with van der Waals surface area (Å²) in [6.45, 7) is 1.97. The number of fused-ring (bicyclic) bond motifs is 2. The van der Waals surface area contributed by atoms with Gasteiger partial charge in [0.05, 0.1) is 17.6 Å². The molecule has 0 unspecified atom stereocenters. The van der Waals surface area contributed by atoms with Crippen LogP contribution in [0.25, 0.3) is 38.2 Å². The highest BCUT2D eigenvalue weighted by molar-refractivity contribution is 7.21. The molecule has 2 amide bonds. The van der Waals surface area contributed by atoms with Gasteiger partial charge in [-0.1, -0.05) is 60.2 Å². The van der Waals surface area contributed by atoms with E-state index in [1.807, 2.05) is 31.2 Å². The molecule has 4 heterocycles. The van der Waals surface area contributed by atoms with Crippen LogP contribution in [0.15, 0.2) is 79.1 Å². The van der Waals surface area contributed by atoms with E-state index in [0.717, 1.165) is 17.2 Å². The smallest absolute Gasteiger partial charge is 0.365 e. The Balaban J connectivity index is 1.50. The Morgan fingerprint density at radius 2 is 1.73 bits per heavy atom. The van der Waals surface area contributed by atoms with Crippen LogP contribution < -0.4 is 11.1 Å². The summed E-state index contributed by atoms with van der Waals surface area (Å²) in [4.78, 5) is 33.9. The van der Waals surface area contributed by atoms with Crippen LogP contribution in [0.2, 0.25) is 0 Å². The lowest BCUT2D eigenvalue weighted by Crippen LogP contribution is -2.17. The lowest BCUT2D eigenvalue weighted by atomic mass is 10.0. The van der Waals surface area contributed by atoms with Crippen LogP contribution >= 0.6 is 11.3 Å². The number of hydrogen-bond donors (Lipinski definition) is 2. The Morgan fingerprint density at radius 1 is 1.00 bits per heavy atom. The summed E-state index contributed by atoms with van der Waals surface area (Å²) < 4.78 is 42.8. The first-order valence-electron chi connectivity index (χ1n) is 12.2. The molecule has 0 saturated carbocycles.